The molecule has 1 aromatic carbocycles. The van der Waals surface area contributed by atoms with E-state index in [0.29, 0.717) is 10.5 Å². The first-order valence-electron chi connectivity index (χ1n) is 5.24. The van der Waals surface area contributed by atoms with Crippen molar-refractivity contribution in [2.75, 3.05) is 0 Å². The van der Waals surface area contributed by atoms with Crippen molar-refractivity contribution in [3.8, 4) is 0 Å². The van der Waals surface area contributed by atoms with Crippen LogP contribution in [0.1, 0.15) is 37.0 Å². The Morgan fingerprint density at radius 2 is 2.25 bits per heavy atom. The highest BCUT2D eigenvalue weighted by atomic mass is 79.9. The van der Waals surface area contributed by atoms with Gasteiger partial charge in [-0.05, 0) is 31.5 Å². The molecule has 0 N–H and O–H groups in total. The summed E-state index contributed by atoms with van der Waals surface area (Å²) in [6.07, 6.45) is 1.83. The fourth-order valence-electron chi connectivity index (χ4n) is 1.39. The first-order chi connectivity index (χ1) is 7.54. The average Bonchev–Trinajstić information content (AvgIpc) is 2.17. The van der Waals surface area contributed by atoms with Crippen molar-refractivity contribution in [2.24, 2.45) is 0 Å². The van der Waals surface area contributed by atoms with Gasteiger partial charge in [0.1, 0.15) is 0 Å². The van der Waals surface area contributed by atoms with Gasteiger partial charge in [0, 0.05) is 9.37 Å². The van der Waals surface area contributed by atoms with Gasteiger partial charge in [-0.15, -0.1) is 12.6 Å². The van der Waals surface area contributed by atoms with Gasteiger partial charge in [-0.2, -0.15) is 0 Å². The molecule has 88 valence electrons. The van der Waals surface area contributed by atoms with Gasteiger partial charge >= 0.3 is 5.97 Å². The van der Waals surface area contributed by atoms with Crippen LogP contribution in [0.15, 0.2) is 27.6 Å². The van der Waals surface area contributed by atoms with Crippen LogP contribution >= 0.6 is 28.6 Å². The average molecular weight is 303 g/mol. The minimum atomic E-state index is -0.307. The molecular formula is C12H15BrO2S. The van der Waals surface area contributed by atoms with Gasteiger partial charge in [0.15, 0.2) is 0 Å². The van der Waals surface area contributed by atoms with Gasteiger partial charge in [0.25, 0.3) is 0 Å². The van der Waals surface area contributed by atoms with Crippen LogP contribution in [-0.2, 0) is 4.74 Å². The van der Waals surface area contributed by atoms with Crippen molar-refractivity contribution < 1.29 is 9.53 Å². The normalized spacial score (nSPS) is 12.2. The Labute approximate surface area is 110 Å². The molecule has 0 fully saturated rings. The van der Waals surface area contributed by atoms with Gasteiger partial charge in [-0.25, -0.2) is 4.79 Å². The van der Waals surface area contributed by atoms with E-state index in [1.807, 2.05) is 6.92 Å². The van der Waals surface area contributed by atoms with E-state index in [1.54, 1.807) is 18.2 Å². The summed E-state index contributed by atoms with van der Waals surface area (Å²) in [5.41, 5.74) is 0.509. The molecule has 4 heteroatoms. The molecular weight excluding hydrogens is 288 g/mol. The lowest BCUT2D eigenvalue weighted by atomic mass is 10.2. The molecule has 0 radical (unpaired) electrons. The molecule has 0 aromatic heterocycles. The zero-order valence-corrected chi connectivity index (χ0v) is 11.8. The minimum absolute atomic E-state index is 0.0473. The molecule has 0 aliphatic rings. The largest absolute Gasteiger partial charge is 0.459 e. The summed E-state index contributed by atoms with van der Waals surface area (Å²) in [4.78, 5) is 12.4. The molecule has 1 aromatic rings. The lowest BCUT2D eigenvalue weighted by Crippen LogP contribution is -2.15. The van der Waals surface area contributed by atoms with E-state index in [4.69, 9.17) is 4.74 Å². The van der Waals surface area contributed by atoms with Crippen LogP contribution in [0.3, 0.4) is 0 Å². The monoisotopic (exact) mass is 302 g/mol. The summed E-state index contributed by atoms with van der Waals surface area (Å²) >= 11 is 7.57. The van der Waals surface area contributed by atoms with Crippen molar-refractivity contribution in [3.63, 3.8) is 0 Å². The molecule has 0 aliphatic heterocycles. The van der Waals surface area contributed by atoms with E-state index >= 15 is 0 Å². The zero-order valence-electron chi connectivity index (χ0n) is 9.37. The van der Waals surface area contributed by atoms with Crippen LogP contribution in [0.5, 0.6) is 0 Å². The zero-order chi connectivity index (χ0) is 12.1. The highest BCUT2D eigenvalue weighted by molar-refractivity contribution is 9.10. The third-order valence-electron chi connectivity index (χ3n) is 2.18. The van der Waals surface area contributed by atoms with Crippen LogP contribution in [0, 0.1) is 0 Å². The summed E-state index contributed by atoms with van der Waals surface area (Å²) in [5, 5.41) is 0. The summed E-state index contributed by atoms with van der Waals surface area (Å²) in [6, 6.07) is 5.30. The number of ether oxygens (including phenoxy) is 1. The van der Waals surface area contributed by atoms with Crippen LogP contribution in [0.4, 0.5) is 0 Å². The van der Waals surface area contributed by atoms with E-state index in [0.717, 1.165) is 17.3 Å². The van der Waals surface area contributed by atoms with E-state index < -0.39 is 0 Å². The Morgan fingerprint density at radius 3 is 2.81 bits per heavy atom. The molecule has 0 spiro atoms. The van der Waals surface area contributed by atoms with Gasteiger partial charge in [0.2, 0.25) is 0 Å². The van der Waals surface area contributed by atoms with Gasteiger partial charge < -0.3 is 4.74 Å². The molecule has 0 saturated carbocycles. The third-order valence-corrected chi connectivity index (χ3v) is 3.05. The van der Waals surface area contributed by atoms with Gasteiger partial charge in [-0.1, -0.05) is 29.3 Å². The maximum atomic E-state index is 11.8. The molecule has 1 atom stereocenters. The number of carbonyl (C=O) groups excluding carboxylic acids is 1. The first kappa shape index (κ1) is 13.6. The SMILES string of the molecule is CCCC(C)OC(=O)c1ccc(Br)cc1S. The van der Waals surface area contributed by atoms with Gasteiger partial charge in [-0.3, -0.25) is 0 Å². The number of hydrogen-bond acceptors (Lipinski definition) is 3. The number of carbonyl (C=O) groups is 1. The summed E-state index contributed by atoms with van der Waals surface area (Å²) in [6.45, 7) is 3.96. The van der Waals surface area contributed by atoms with Crippen molar-refractivity contribution in [1.82, 2.24) is 0 Å². The Hall–Kier alpha value is -0.480. The summed E-state index contributed by atoms with van der Waals surface area (Å²) in [7, 11) is 0. The predicted molar refractivity (Wildman–Crippen MR) is 71.2 cm³/mol. The van der Waals surface area contributed by atoms with Crippen molar-refractivity contribution in [2.45, 2.75) is 37.7 Å². The van der Waals surface area contributed by atoms with Crippen molar-refractivity contribution in [3.05, 3.63) is 28.2 Å². The second kappa shape index (κ2) is 6.30. The molecule has 16 heavy (non-hydrogen) atoms. The maximum absolute atomic E-state index is 11.8. The summed E-state index contributed by atoms with van der Waals surface area (Å²) < 4.78 is 6.19. The lowest BCUT2D eigenvalue weighted by Gasteiger charge is -2.13. The molecule has 0 saturated heterocycles. The van der Waals surface area contributed by atoms with Crippen molar-refractivity contribution >= 4 is 34.5 Å². The first-order valence-corrected chi connectivity index (χ1v) is 6.48. The Kier molecular flexibility index (Phi) is 5.35. The standard InChI is InChI=1S/C12H15BrO2S/c1-3-4-8(2)15-12(14)10-6-5-9(13)7-11(10)16/h5-8,16H,3-4H2,1-2H3. The summed E-state index contributed by atoms with van der Waals surface area (Å²) in [5.74, 6) is -0.307. The maximum Gasteiger partial charge on any atom is 0.339 e. The molecule has 0 bridgehead atoms. The minimum Gasteiger partial charge on any atom is -0.459 e. The fraction of sp³-hybridized carbons (Fsp3) is 0.417. The van der Waals surface area contributed by atoms with E-state index in [1.165, 1.54) is 0 Å². The lowest BCUT2D eigenvalue weighted by molar-refractivity contribution is 0.0319. The smallest absolute Gasteiger partial charge is 0.339 e. The van der Waals surface area contributed by atoms with Gasteiger partial charge in [0.05, 0.1) is 11.7 Å². The van der Waals surface area contributed by atoms with Crippen LogP contribution in [0.25, 0.3) is 0 Å². The molecule has 2 nitrogen and oxygen atoms in total. The Morgan fingerprint density at radius 1 is 1.56 bits per heavy atom. The highest BCUT2D eigenvalue weighted by Crippen LogP contribution is 2.21. The van der Waals surface area contributed by atoms with Crippen LogP contribution < -0.4 is 0 Å². The third kappa shape index (κ3) is 3.83. The number of hydrogen-bond donors (Lipinski definition) is 1. The second-order valence-corrected chi connectivity index (χ2v) is 5.06. The van der Waals surface area contributed by atoms with E-state index in [9.17, 15) is 4.79 Å². The molecule has 0 aliphatic carbocycles. The van der Waals surface area contributed by atoms with Crippen LogP contribution in [0.2, 0.25) is 0 Å². The highest BCUT2D eigenvalue weighted by Gasteiger charge is 2.14. The molecule has 0 amide bonds. The van der Waals surface area contributed by atoms with E-state index in [-0.39, 0.29) is 12.1 Å². The number of halogens is 1. The fourth-order valence-corrected chi connectivity index (χ4v) is 2.23. The van der Waals surface area contributed by atoms with Crippen molar-refractivity contribution in [1.29, 1.82) is 0 Å². The molecule has 1 rings (SSSR count). The topological polar surface area (TPSA) is 26.3 Å². The van der Waals surface area contributed by atoms with E-state index in [2.05, 4.69) is 35.5 Å². The predicted octanol–water partition coefficient (Wildman–Crippen LogP) is 4.08. The Bertz CT molecular complexity index is 379. The Balaban J connectivity index is 2.73. The molecule has 0 heterocycles. The number of benzene rings is 1. The quantitative estimate of drug-likeness (QED) is 0.670. The number of esters is 1. The number of thiol groups is 1. The van der Waals surface area contributed by atoms with Crippen LogP contribution in [-0.4, -0.2) is 12.1 Å². The second-order valence-electron chi connectivity index (χ2n) is 3.67. The number of rotatable bonds is 4. The molecule has 1 unspecified atom stereocenters.